The van der Waals surface area contributed by atoms with Gasteiger partial charge in [-0.2, -0.15) is 0 Å². The Hall–Kier alpha value is -1.85. The zero-order chi connectivity index (χ0) is 19.0. The quantitative estimate of drug-likeness (QED) is 0.640. The van der Waals surface area contributed by atoms with Crippen molar-refractivity contribution >= 4 is 40.4 Å². The first-order valence-electron chi connectivity index (χ1n) is 8.66. The number of carbonyl (C=O) groups is 1. The predicted octanol–water partition coefficient (Wildman–Crippen LogP) is 5.13. The summed E-state index contributed by atoms with van der Waals surface area (Å²) >= 11 is 13.9. The minimum absolute atomic E-state index is 0.00863. The van der Waals surface area contributed by atoms with Gasteiger partial charge in [0.15, 0.2) is 0 Å². The van der Waals surface area contributed by atoms with E-state index in [1.807, 2.05) is 41.3 Å². The van der Waals surface area contributed by atoms with Gasteiger partial charge < -0.3 is 10.6 Å². The van der Waals surface area contributed by atoms with Crippen LogP contribution in [0.5, 0.6) is 0 Å². The van der Waals surface area contributed by atoms with Crippen LogP contribution in [0.4, 0.5) is 0 Å². The van der Waals surface area contributed by atoms with Crippen LogP contribution in [0.3, 0.4) is 0 Å². The Labute approximate surface area is 172 Å². The number of nitrogens with two attached hydrogens (primary N) is 1. The molecule has 0 radical (unpaired) electrons. The number of halogens is 2. The number of hydrogen-bond acceptors (Lipinski definition) is 3. The lowest BCUT2D eigenvalue weighted by Gasteiger charge is -2.20. The molecule has 2 N–H and O–H groups in total. The number of hydrogen-bond donors (Lipinski definition) is 1. The summed E-state index contributed by atoms with van der Waals surface area (Å²) in [6.45, 7) is 1.28. The molecule has 0 fully saturated rings. The summed E-state index contributed by atoms with van der Waals surface area (Å²) < 4.78 is 0. The molecule has 0 spiro atoms. The summed E-state index contributed by atoms with van der Waals surface area (Å²) in [6, 6.07) is 17.1. The number of benzene rings is 2. The third-order valence-electron chi connectivity index (χ3n) is 4.75. The van der Waals surface area contributed by atoms with E-state index in [0.717, 1.165) is 15.3 Å². The zero-order valence-electron chi connectivity index (χ0n) is 14.5. The van der Waals surface area contributed by atoms with Crippen LogP contribution in [0, 0.1) is 0 Å². The van der Waals surface area contributed by atoms with E-state index in [9.17, 15) is 4.79 Å². The van der Waals surface area contributed by atoms with E-state index in [1.54, 1.807) is 17.4 Å². The second-order valence-corrected chi connectivity index (χ2v) is 8.68. The summed E-state index contributed by atoms with van der Waals surface area (Å²) in [5.74, 6) is -0.00863. The molecular weight excluding hydrogens is 399 g/mol. The van der Waals surface area contributed by atoms with E-state index >= 15 is 0 Å². The van der Waals surface area contributed by atoms with Crippen LogP contribution < -0.4 is 5.73 Å². The van der Waals surface area contributed by atoms with Crippen molar-refractivity contribution in [2.24, 2.45) is 5.73 Å². The number of amides is 1. The molecule has 1 atom stereocenters. The number of thiophene rings is 1. The molecule has 27 heavy (non-hydrogen) atoms. The number of nitrogens with zero attached hydrogens (tertiary/aromatic N) is 1. The van der Waals surface area contributed by atoms with Crippen LogP contribution >= 0.6 is 34.5 Å². The molecule has 3 nitrogen and oxygen atoms in total. The predicted molar refractivity (Wildman–Crippen MR) is 112 cm³/mol. The molecule has 3 aromatic rings. The van der Waals surface area contributed by atoms with Crippen LogP contribution in [0.1, 0.15) is 16.0 Å². The molecule has 2 aromatic carbocycles. The molecule has 0 bridgehead atoms. The molecular formula is C21H18Cl2N2OS. The molecule has 1 amide bonds. The van der Waals surface area contributed by atoms with Crippen LogP contribution in [-0.4, -0.2) is 16.8 Å². The van der Waals surface area contributed by atoms with Crippen LogP contribution in [0.15, 0.2) is 54.6 Å². The molecule has 1 aromatic heterocycles. The van der Waals surface area contributed by atoms with Crippen LogP contribution in [0.2, 0.25) is 10.0 Å². The van der Waals surface area contributed by atoms with E-state index in [4.69, 9.17) is 28.9 Å². The van der Waals surface area contributed by atoms with Gasteiger partial charge in [-0.1, -0.05) is 53.5 Å². The first-order valence-corrected chi connectivity index (χ1v) is 10.2. The average Bonchev–Trinajstić information content (AvgIpc) is 3.27. The lowest BCUT2D eigenvalue weighted by Crippen LogP contribution is -2.42. The molecule has 0 saturated heterocycles. The molecule has 1 aliphatic rings. The molecule has 6 heteroatoms. The van der Waals surface area contributed by atoms with Crippen molar-refractivity contribution in [3.8, 4) is 10.4 Å². The third-order valence-corrected chi connectivity index (χ3v) is 6.44. The fourth-order valence-electron chi connectivity index (χ4n) is 3.35. The molecule has 1 aliphatic heterocycles. The highest BCUT2D eigenvalue weighted by atomic mass is 35.5. The van der Waals surface area contributed by atoms with Gasteiger partial charge in [0.05, 0.1) is 11.1 Å². The Bertz CT molecular complexity index is 976. The van der Waals surface area contributed by atoms with E-state index < -0.39 is 6.04 Å². The van der Waals surface area contributed by atoms with Crippen molar-refractivity contribution in [3.05, 3.63) is 80.6 Å². The Morgan fingerprint density at radius 1 is 1.07 bits per heavy atom. The molecule has 4 rings (SSSR count). The Kier molecular flexibility index (Phi) is 5.24. The maximum Gasteiger partial charge on any atom is 0.240 e. The van der Waals surface area contributed by atoms with Gasteiger partial charge >= 0.3 is 0 Å². The van der Waals surface area contributed by atoms with Gasteiger partial charge in [-0.05, 0) is 35.4 Å². The summed E-state index contributed by atoms with van der Waals surface area (Å²) in [4.78, 5) is 16.7. The van der Waals surface area contributed by atoms with Crippen molar-refractivity contribution in [2.75, 3.05) is 0 Å². The molecule has 1 unspecified atom stereocenters. The largest absolute Gasteiger partial charge is 0.333 e. The van der Waals surface area contributed by atoms with Crippen molar-refractivity contribution in [3.63, 3.8) is 0 Å². The van der Waals surface area contributed by atoms with Crippen molar-refractivity contribution in [2.45, 2.75) is 25.6 Å². The smallest absolute Gasteiger partial charge is 0.240 e. The summed E-state index contributed by atoms with van der Waals surface area (Å²) in [7, 11) is 0. The monoisotopic (exact) mass is 416 g/mol. The van der Waals surface area contributed by atoms with E-state index in [-0.39, 0.29) is 5.91 Å². The fourth-order valence-corrected chi connectivity index (χ4v) is 5.02. The summed E-state index contributed by atoms with van der Waals surface area (Å²) in [5, 5.41) is 1.23. The van der Waals surface area contributed by atoms with Crippen molar-refractivity contribution in [1.29, 1.82) is 0 Å². The zero-order valence-corrected chi connectivity index (χ0v) is 16.8. The average molecular weight is 417 g/mol. The second-order valence-electron chi connectivity index (χ2n) is 6.66. The Morgan fingerprint density at radius 3 is 2.44 bits per heavy atom. The van der Waals surface area contributed by atoms with Crippen LogP contribution in [-0.2, 0) is 24.3 Å². The minimum Gasteiger partial charge on any atom is -0.333 e. The van der Waals surface area contributed by atoms with Gasteiger partial charge in [-0.15, -0.1) is 11.3 Å². The second kappa shape index (κ2) is 7.64. The summed E-state index contributed by atoms with van der Waals surface area (Å²) in [5.41, 5.74) is 9.58. The highest BCUT2D eigenvalue weighted by Crippen LogP contribution is 2.35. The third kappa shape index (κ3) is 3.90. The van der Waals surface area contributed by atoms with Gasteiger partial charge in [-0.3, -0.25) is 4.79 Å². The van der Waals surface area contributed by atoms with E-state index in [2.05, 4.69) is 12.1 Å². The minimum atomic E-state index is -0.550. The Balaban J connectivity index is 1.44. The van der Waals surface area contributed by atoms with Gasteiger partial charge in [0.25, 0.3) is 0 Å². The van der Waals surface area contributed by atoms with Gasteiger partial charge in [0.2, 0.25) is 5.91 Å². The van der Waals surface area contributed by atoms with Gasteiger partial charge in [0.1, 0.15) is 0 Å². The number of fused-ring (bicyclic) bond motifs is 1. The fraction of sp³-hybridized carbons (Fsp3) is 0.190. The highest BCUT2D eigenvalue weighted by Gasteiger charge is 2.27. The standard InChI is InChI=1S/C21H18Cl2N2OS/c22-15-5-7-17(18(23)9-15)20-8-6-16(27-20)10-19(24)21(26)25-11-13-3-1-2-4-14(13)12-25/h1-9,19H,10-12,24H2. The maximum absolute atomic E-state index is 12.8. The normalized spacial score (nSPS) is 14.3. The summed E-state index contributed by atoms with van der Waals surface area (Å²) in [6.07, 6.45) is 0.515. The number of carbonyl (C=O) groups excluding carboxylic acids is 1. The molecule has 0 saturated carbocycles. The lowest BCUT2D eigenvalue weighted by molar-refractivity contribution is -0.133. The highest BCUT2D eigenvalue weighted by molar-refractivity contribution is 7.15. The van der Waals surface area contributed by atoms with E-state index in [0.29, 0.717) is 29.6 Å². The molecule has 0 aliphatic carbocycles. The topological polar surface area (TPSA) is 46.3 Å². The van der Waals surface area contributed by atoms with Crippen LogP contribution in [0.25, 0.3) is 10.4 Å². The maximum atomic E-state index is 12.8. The van der Waals surface area contributed by atoms with Gasteiger partial charge in [-0.25, -0.2) is 0 Å². The SMILES string of the molecule is NC(Cc1ccc(-c2ccc(Cl)cc2Cl)s1)C(=O)N1Cc2ccccc2C1. The van der Waals surface area contributed by atoms with Crippen molar-refractivity contribution < 1.29 is 4.79 Å². The van der Waals surface area contributed by atoms with E-state index in [1.165, 1.54) is 11.1 Å². The Morgan fingerprint density at radius 2 is 1.78 bits per heavy atom. The number of rotatable bonds is 4. The molecule has 2 heterocycles. The lowest BCUT2D eigenvalue weighted by atomic mass is 10.1. The first-order chi connectivity index (χ1) is 13.0. The first kappa shape index (κ1) is 18.5. The van der Waals surface area contributed by atoms with Crippen molar-refractivity contribution in [1.82, 2.24) is 4.90 Å². The molecule has 138 valence electrons. The van der Waals surface area contributed by atoms with Gasteiger partial charge in [0, 0.05) is 39.9 Å².